The van der Waals surface area contributed by atoms with Gasteiger partial charge in [-0.05, 0) is 37.8 Å². The summed E-state index contributed by atoms with van der Waals surface area (Å²) in [5, 5.41) is 0. The average Bonchev–Trinajstić information content (AvgIpc) is 2.52. The molecular formula is C18H27NO4S. The molecule has 6 heteroatoms. The molecule has 1 heterocycles. The van der Waals surface area contributed by atoms with Gasteiger partial charge in [-0.25, -0.2) is 8.42 Å². The molecule has 0 aromatic heterocycles. The van der Waals surface area contributed by atoms with Crippen molar-refractivity contribution in [3.8, 4) is 0 Å². The maximum absolute atomic E-state index is 13.1. The molecule has 1 aliphatic heterocycles. The zero-order valence-corrected chi connectivity index (χ0v) is 15.7. The molecule has 2 atom stereocenters. The van der Waals surface area contributed by atoms with Gasteiger partial charge in [0.15, 0.2) is 0 Å². The van der Waals surface area contributed by atoms with E-state index in [-0.39, 0.29) is 17.9 Å². The van der Waals surface area contributed by atoms with Crippen LogP contribution in [0, 0.1) is 12.8 Å². The molecule has 5 nitrogen and oxygen atoms in total. The topological polar surface area (TPSA) is 63.7 Å². The summed E-state index contributed by atoms with van der Waals surface area (Å²) in [6.45, 7) is 7.68. The Labute approximate surface area is 145 Å². The number of aryl methyl sites for hydroxylation is 1. The van der Waals surface area contributed by atoms with Gasteiger partial charge in [0.2, 0.25) is 10.0 Å². The molecule has 0 radical (unpaired) electrons. The molecule has 0 N–H and O–H groups in total. The van der Waals surface area contributed by atoms with E-state index in [2.05, 4.69) is 0 Å². The van der Waals surface area contributed by atoms with E-state index < -0.39 is 16.1 Å². The fourth-order valence-electron chi connectivity index (χ4n) is 3.25. The lowest BCUT2D eigenvalue weighted by atomic mass is 9.92. The quantitative estimate of drug-likeness (QED) is 0.763. The third-order valence-electron chi connectivity index (χ3n) is 4.46. The molecule has 1 aromatic carbocycles. The third-order valence-corrected chi connectivity index (χ3v) is 6.40. The first kappa shape index (κ1) is 18.9. The lowest BCUT2D eigenvalue weighted by Gasteiger charge is -2.40. The van der Waals surface area contributed by atoms with Crippen molar-refractivity contribution in [3.63, 3.8) is 0 Å². The molecular weight excluding hydrogens is 326 g/mol. The van der Waals surface area contributed by atoms with Gasteiger partial charge in [0, 0.05) is 13.5 Å². The van der Waals surface area contributed by atoms with Crippen LogP contribution in [0.1, 0.15) is 45.6 Å². The second kappa shape index (κ2) is 7.66. The van der Waals surface area contributed by atoms with E-state index in [1.54, 1.807) is 24.3 Å². The van der Waals surface area contributed by atoms with Gasteiger partial charge in [0.1, 0.15) is 6.10 Å². The van der Waals surface area contributed by atoms with Gasteiger partial charge in [-0.15, -0.1) is 0 Å². The van der Waals surface area contributed by atoms with Crippen molar-refractivity contribution in [1.29, 1.82) is 0 Å². The van der Waals surface area contributed by atoms with Crippen LogP contribution in [0.5, 0.6) is 0 Å². The highest BCUT2D eigenvalue weighted by Crippen LogP contribution is 2.30. The van der Waals surface area contributed by atoms with Crippen LogP contribution >= 0.6 is 0 Å². The summed E-state index contributed by atoms with van der Waals surface area (Å²) < 4.78 is 33.2. The Morgan fingerprint density at radius 1 is 1.21 bits per heavy atom. The number of piperidine rings is 1. The molecule has 0 amide bonds. The molecule has 1 aliphatic rings. The van der Waals surface area contributed by atoms with E-state index >= 15 is 0 Å². The van der Waals surface area contributed by atoms with Gasteiger partial charge in [0.25, 0.3) is 0 Å². The number of nitrogens with zero attached hydrogens (tertiary/aromatic N) is 1. The summed E-state index contributed by atoms with van der Waals surface area (Å²) in [6.07, 6.45) is 2.05. The van der Waals surface area contributed by atoms with E-state index in [0.717, 1.165) is 18.4 Å². The van der Waals surface area contributed by atoms with E-state index in [1.807, 2.05) is 20.8 Å². The summed E-state index contributed by atoms with van der Waals surface area (Å²) in [5.74, 6) is -0.320. The molecule has 24 heavy (non-hydrogen) atoms. The zero-order chi connectivity index (χ0) is 17.9. The highest BCUT2D eigenvalue weighted by atomic mass is 32.2. The predicted octanol–water partition coefficient (Wildman–Crippen LogP) is 3.13. The monoisotopic (exact) mass is 353 g/mol. The van der Waals surface area contributed by atoms with E-state index in [1.165, 1.54) is 11.2 Å². The number of sulfonamides is 1. The number of hydrogen-bond donors (Lipinski definition) is 0. The zero-order valence-electron chi connectivity index (χ0n) is 14.9. The second-order valence-electron chi connectivity index (χ2n) is 6.81. The van der Waals surface area contributed by atoms with E-state index in [0.29, 0.717) is 17.9 Å². The molecule has 0 saturated carbocycles. The summed E-state index contributed by atoms with van der Waals surface area (Å²) in [7, 11) is -3.60. The maximum Gasteiger partial charge on any atom is 0.302 e. The largest absolute Gasteiger partial charge is 0.461 e. The van der Waals surface area contributed by atoms with Gasteiger partial charge in [-0.1, -0.05) is 38.0 Å². The van der Waals surface area contributed by atoms with Crippen molar-refractivity contribution in [3.05, 3.63) is 29.8 Å². The summed E-state index contributed by atoms with van der Waals surface area (Å²) >= 11 is 0. The van der Waals surface area contributed by atoms with Crippen LogP contribution in [0.15, 0.2) is 29.2 Å². The number of carbonyl (C=O) groups is 1. The molecule has 1 saturated heterocycles. The minimum Gasteiger partial charge on any atom is -0.461 e. The molecule has 1 unspecified atom stereocenters. The Balaban J connectivity index is 2.37. The van der Waals surface area contributed by atoms with Gasteiger partial charge < -0.3 is 4.74 Å². The Bertz CT molecular complexity index is 667. The van der Waals surface area contributed by atoms with Crippen LogP contribution in [-0.4, -0.2) is 37.4 Å². The SMILES string of the molecule is CC(=O)OC(C(C)C)[C@@H]1CCCCN1S(=O)(=O)c1ccc(C)cc1. The smallest absolute Gasteiger partial charge is 0.302 e. The molecule has 2 rings (SSSR count). The minimum atomic E-state index is -3.60. The molecule has 1 fully saturated rings. The Morgan fingerprint density at radius 3 is 2.38 bits per heavy atom. The first-order chi connectivity index (χ1) is 11.2. The predicted molar refractivity (Wildman–Crippen MR) is 93.1 cm³/mol. The van der Waals surface area contributed by atoms with Crippen molar-refractivity contribution in [1.82, 2.24) is 4.31 Å². The second-order valence-corrected chi connectivity index (χ2v) is 8.70. The molecule has 0 aliphatic carbocycles. The van der Waals surface area contributed by atoms with Crippen molar-refractivity contribution in [2.45, 2.75) is 64.0 Å². The van der Waals surface area contributed by atoms with Crippen LogP contribution in [0.3, 0.4) is 0 Å². The van der Waals surface area contributed by atoms with Gasteiger partial charge in [-0.2, -0.15) is 4.31 Å². The average molecular weight is 353 g/mol. The van der Waals surface area contributed by atoms with Gasteiger partial charge in [-0.3, -0.25) is 4.79 Å². The van der Waals surface area contributed by atoms with Crippen LogP contribution in [0.4, 0.5) is 0 Å². The Morgan fingerprint density at radius 2 is 1.83 bits per heavy atom. The van der Waals surface area contributed by atoms with Crippen molar-refractivity contribution >= 4 is 16.0 Å². The lowest BCUT2D eigenvalue weighted by Crippen LogP contribution is -2.52. The van der Waals surface area contributed by atoms with Crippen LogP contribution < -0.4 is 0 Å². The van der Waals surface area contributed by atoms with Crippen LogP contribution in [0.25, 0.3) is 0 Å². The number of benzene rings is 1. The fraction of sp³-hybridized carbons (Fsp3) is 0.611. The first-order valence-electron chi connectivity index (χ1n) is 8.49. The Kier molecular flexibility index (Phi) is 6.04. The van der Waals surface area contributed by atoms with Gasteiger partial charge >= 0.3 is 5.97 Å². The molecule has 134 valence electrons. The van der Waals surface area contributed by atoms with Crippen molar-refractivity contribution < 1.29 is 17.9 Å². The highest BCUT2D eigenvalue weighted by Gasteiger charge is 2.40. The van der Waals surface area contributed by atoms with Gasteiger partial charge in [0.05, 0.1) is 10.9 Å². The fourth-order valence-corrected chi connectivity index (χ4v) is 4.96. The lowest BCUT2D eigenvalue weighted by molar-refractivity contribution is -0.152. The number of carbonyl (C=O) groups excluding carboxylic acids is 1. The molecule has 1 aromatic rings. The van der Waals surface area contributed by atoms with Crippen molar-refractivity contribution in [2.24, 2.45) is 5.92 Å². The number of ether oxygens (including phenoxy) is 1. The minimum absolute atomic E-state index is 0.0488. The van der Waals surface area contributed by atoms with Crippen LogP contribution in [-0.2, 0) is 19.6 Å². The number of hydrogen-bond acceptors (Lipinski definition) is 4. The maximum atomic E-state index is 13.1. The Hall–Kier alpha value is -1.40. The summed E-state index contributed by atoms with van der Waals surface area (Å²) in [6, 6.07) is 6.59. The first-order valence-corrected chi connectivity index (χ1v) is 9.93. The van der Waals surface area contributed by atoms with E-state index in [9.17, 15) is 13.2 Å². The van der Waals surface area contributed by atoms with E-state index in [4.69, 9.17) is 4.74 Å². The summed E-state index contributed by atoms with van der Waals surface area (Å²) in [4.78, 5) is 11.8. The van der Waals surface area contributed by atoms with Crippen LogP contribution in [0.2, 0.25) is 0 Å². The molecule has 0 spiro atoms. The normalized spacial score (nSPS) is 20.8. The number of esters is 1. The molecule has 0 bridgehead atoms. The highest BCUT2D eigenvalue weighted by molar-refractivity contribution is 7.89. The standard InChI is InChI=1S/C18H27NO4S/c1-13(2)18(23-15(4)20)17-7-5-6-12-19(17)24(21,22)16-10-8-14(3)9-11-16/h8-11,13,17-18H,5-7,12H2,1-4H3/t17-,18?/m0/s1. The number of rotatable bonds is 5. The summed E-state index contributed by atoms with van der Waals surface area (Å²) in [5.41, 5.74) is 1.02. The van der Waals surface area contributed by atoms with Crippen molar-refractivity contribution in [2.75, 3.05) is 6.54 Å². The third kappa shape index (κ3) is 4.16.